The van der Waals surface area contributed by atoms with E-state index in [-0.39, 0.29) is 18.4 Å². The minimum Gasteiger partial charge on any atom is -0.455 e. The summed E-state index contributed by atoms with van der Waals surface area (Å²) in [6.45, 7) is 0.616. The second-order valence-corrected chi connectivity index (χ2v) is 10.1. The van der Waals surface area contributed by atoms with E-state index in [2.05, 4.69) is 11.4 Å². The van der Waals surface area contributed by atoms with E-state index in [0.717, 1.165) is 37.7 Å². The zero-order valence-electron chi connectivity index (χ0n) is 17.7. The number of rotatable bonds is 5. The number of nitriles is 1. The highest BCUT2D eigenvalue weighted by atomic mass is 32.1. The Hall–Kier alpha value is -2.70. The van der Waals surface area contributed by atoms with Crippen molar-refractivity contribution in [1.29, 1.82) is 5.26 Å². The van der Waals surface area contributed by atoms with Gasteiger partial charge < -0.3 is 15.0 Å². The molecule has 0 spiro atoms. The first kappa shape index (κ1) is 22.5. The molecule has 1 aliphatic carbocycles. The molecule has 1 aliphatic heterocycles. The monoisotopic (exact) mass is 471 g/mol. The number of likely N-dealkylation sites (tertiary alicyclic amines) is 1. The number of thiophene rings is 2. The smallest absolute Gasteiger partial charge is 0.309 e. The van der Waals surface area contributed by atoms with Crippen molar-refractivity contribution in [3.05, 3.63) is 38.4 Å². The first-order valence-corrected chi connectivity index (χ1v) is 12.6. The maximum atomic E-state index is 12.4. The third kappa shape index (κ3) is 5.03. The molecule has 1 N–H and O–H groups in total. The molecule has 0 aromatic carbocycles. The van der Waals surface area contributed by atoms with Crippen molar-refractivity contribution in [1.82, 2.24) is 4.90 Å². The van der Waals surface area contributed by atoms with Gasteiger partial charge in [-0.15, -0.1) is 22.7 Å². The van der Waals surface area contributed by atoms with Crippen LogP contribution in [0.3, 0.4) is 0 Å². The number of hydrogen-bond donors (Lipinski definition) is 1. The van der Waals surface area contributed by atoms with Gasteiger partial charge in [-0.05, 0) is 55.5 Å². The first-order valence-electron chi connectivity index (χ1n) is 10.9. The Labute approximate surface area is 195 Å². The summed E-state index contributed by atoms with van der Waals surface area (Å²) >= 11 is 2.87. The molecule has 4 rings (SSSR count). The molecule has 2 aromatic heterocycles. The van der Waals surface area contributed by atoms with Crippen molar-refractivity contribution in [3.8, 4) is 6.07 Å². The summed E-state index contributed by atoms with van der Waals surface area (Å²) in [5.74, 6) is -1.17. The third-order valence-electron chi connectivity index (χ3n) is 5.98. The molecule has 0 bridgehead atoms. The molecule has 168 valence electrons. The zero-order valence-corrected chi connectivity index (χ0v) is 19.4. The summed E-state index contributed by atoms with van der Waals surface area (Å²) in [5, 5.41) is 14.8. The molecule has 9 heteroatoms. The van der Waals surface area contributed by atoms with Crippen molar-refractivity contribution in [3.63, 3.8) is 0 Å². The van der Waals surface area contributed by atoms with Crippen LogP contribution in [-0.2, 0) is 27.2 Å². The summed E-state index contributed by atoms with van der Waals surface area (Å²) in [4.78, 5) is 40.9. The van der Waals surface area contributed by atoms with E-state index < -0.39 is 11.9 Å². The normalized spacial score (nSPS) is 16.5. The molecule has 32 heavy (non-hydrogen) atoms. The van der Waals surface area contributed by atoms with Crippen LogP contribution in [0.25, 0.3) is 0 Å². The average Bonchev–Trinajstić information content (AvgIpc) is 3.39. The van der Waals surface area contributed by atoms with Crippen molar-refractivity contribution in [2.24, 2.45) is 5.92 Å². The van der Waals surface area contributed by atoms with Crippen LogP contribution < -0.4 is 5.32 Å². The van der Waals surface area contributed by atoms with Gasteiger partial charge in [0.1, 0.15) is 11.1 Å². The Balaban J connectivity index is 1.26. The Morgan fingerprint density at radius 2 is 1.97 bits per heavy atom. The van der Waals surface area contributed by atoms with Crippen LogP contribution in [0, 0.1) is 17.2 Å². The number of hydrogen-bond acceptors (Lipinski definition) is 7. The fourth-order valence-electron chi connectivity index (χ4n) is 4.24. The lowest BCUT2D eigenvalue weighted by Crippen LogP contribution is -2.40. The van der Waals surface area contributed by atoms with E-state index in [9.17, 15) is 19.6 Å². The molecule has 3 heterocycles. The molecule has 1 fully saturated rings. The molecule has 1 saturated heterocycles. The van der Waals surface area contributed by atoms with Gasteiger partial charge in [0.15, 0.2) is 6.61 Å². The van der Waals surface area contributed by atoms with Crippen molar-refractivity contribution < 1.29 is 19.1 Å². The van der Waals surface area contributed by atoms with Crippen molar-refractivity contribution in [2.45, 2.75) is 44.9 Å². The number of amides is 2. The second kappa shape index (κ2) is 10.3. The van der Waals surface area contributed by atoms with Gasteiger partial charge in [0.05, 0.1) is 16.4 Å². The highest BCUT2D eigenvalue weighted by Gasteiger charge is 2.29. The number of piperidine rings is 1. The van der Waals surface area contributed by atoms with Gasteiger partial charge in [0.2, 0.25) is 0 Å². The molecule has 0 unspecified atom stereocenters. The first-order chi connectivity index (χ1) is 15.6. The summed E-state index contributed by atoms with van der Waals surface area (Å²) in [7, 11) is 0. The number of ether oxygens (including phenoxy) is 1. The van der Waals surface area contributed by atoms with Crippen LogP contribution in [-0.4, -0.2) is 42.4 Å². The number of nitrogens with one attached hydrogen (secondary N) is 1. The SMILES string of the molecule is N#Cc1c(NC(=O)COC(=O)C2CCN(C(=O)c3cccs3)CC2)sc2c1CCCCC2. The average molecular weight is 472 g/mol. The second-order valence-electron chi connectivity index (χ2n) is 8.08. The van der Waals surface area contributed by atoms with E-state index in [1.54, 1.807) is 11.0 Å². The molecule has 0 radical (unpaired) electrons. The third-order valence-corrected chi connectivity index (χ3v) is 8.04. The maximum Gasteiger partial charge on any atom is 0.309 e. The van der Waals surface area contributed by atoms with E-state index in [1.807, 2.05) is 11.4 Å². The summed E-state index contributed by atoms with van der Waals surface area (Å²) < 4.78 is 5.25. The van der Waals surface area contributed by atoms with Gasteiger partial charge in [-0.1, -0.05) is 12.5 Å². The highest BCUT2D eigenvalue weighted by Crippen LogP contribution is 2.37. The number of nitrogens with zero attached hydrogens (tertiary/aromatic N) is 2. The lowest BCUT2D eigenvalue weighted by atomic mass is 9.97. The van der Waals surface area contributed by atoms with Crippen LogP contribution in [0.1, 0.15) is 57.8 Å². The number of fused-ring (bicyclic) bond motifs is 1. The van der Waals surface area contributed by atoms with E-state index in [0.29, 0.717) is 41.4 Å². The summed E-state index contributed by atoms with van der Waals surface area (Å²) in [5.41, 5.74) is 1.61. The number of aryl methyl sites for hydroxylation is 1. The number of carbonyl (C=O) groups is 3. The molecule has 7 nitrogen and oxygen atoms in total. The quantitative estimate of drug-likeness (QED) is 0.525. The Bertz CT molecular complexity index is 1030. The molecule has 0 saturated carbocycles. The number of anilines is 1. The summed E-state index contributed by atoms with van der Waals surface area (Å²) in [6.07, 6.45) is 6.16. The van der Waals surface area contributed by atoms with Gasteiger partial charge >= 0.3 is 5.97 Å². The van der Waals surface area contributed by atoms with E-state index in [4.69, 9.17) is 4.74 Å². The number of esters is 1. The molecule has 2 amide bonds. The van der Waals surface area contributed by atoms with Gasteiger partial charge in [-0.25, -0.2) is 0 Å². The highest BCUT2D eigenvalue weighted by molar-refractivity contribution is 7.16. The Morgan fingerprint density at radius 1 is 1.19 bits per heavy atom. The fourth-order valence-corrected chi connectivity index (χ4v) is 6.19. The standard InChI is InChI=1S/C23H25N3O4S2/c24-13-17-16-5-2-1-3-6-18(16)32-21(17)25-20(27)14-30-23(29)15-8-10-26(11-9-15)22(28)19-7-4-12-31-19/h4,7,12,15H,1-3,5-6,8-11,14H2,(H,25,27). The maximum absolute atomic E-state index is 12.4. The number of carbonyl (C=O) groups excluding carboxylic acids is 3. The fraction of sp³-hybridized carbons (Fsp3) is 0.478. The summed E-state index contributed by atoms with van der Waals surface area (Å²) in [6, 6.07) is 5.88. The van der Waals surface area contributed by atoms with Crippen LogP contribution >= 0.6 is 22.7 Å². The van der Waals surface area contributed by atoms with Gasteiger partial charge in [0, 0.05) is 18.0 Å². The van der Waals surface area contributed by atoms with Gasteiger partial charge in [-0.2, -0.15) is 5.26 Å². The van der Waals surface area contributed by atoms with E-state index >= 15 is 0 Å². The lowest BCUT2D eigenvalue weighted by molar-refractivity contribution is -0.152. The molecule has 0 atom stereocenters. The van der Waals surface area contributed by atoms with Crippen molar-refractivity contribution in [2.75, 3.05) is 25.0 Å². The Morgan fingerprint density at radius 3 is 2.69 bits per heavy atom. The lowest BCUT2D eigenvalue weighted by Gasteiger charge is -2.30. The molecule has 2 aromatic rings. The largest absolute Gasteiger partial charge is 0.455 e. The van der Waals surface area contributed by atoms with Gasteiger partial charge in [-0.3, -0.25) is 14.4 Å². The van der Waals surface area contributed by atoms with Crippen LogP contribution in [0.2, 0.25) is 0 Å². The minimum absolute atomic E-state index is 0.00570. The van der Waals surface area contributed by atoms with Crippen LogP contribution in [0.15, 0.2) is 17.5 Å². The van der Waals surface area contributed by atoms with Crippen molar-refractivity contribution >= 4 is 45.5 Å². The zero-order chi connectivity index (χ0) is 22.5. The minimum atomic E-state index is -0.434. The predicted molar refractivity (Wildman–Crippen MR) is 123 cm³/mol. The Kier molecular flexibility index (Phi) is 7.22. The van der Waals surface area contributed by atoms with Crippen LogP contribution in [0.5, 0.6) is 0 Å². The molecular weight excluding hydrogens is 446 g/mol. The molecular formula is C23H25N3O4S2. The topological polar surface area (TPSA) is 99.5 Å². The van der Waals surface area contributed by atoms with Gasteiger partial charge in [0.25, 0.3) is 11.8 Å². The molecule has 2 aliphatic rings. The van der Waals surface area contributed by atoms with Crippen LogP contribution in [0.4, 0.5) is 5.00 Å². The predicted octanol–water partition coefficient (Wildman–Crippen LogP) is 3.98. The van der Waals surface area contributed by atoms with E-state index in [1.165, 1.54) is 27.6 Å².